The van der Waals surface area contributed by atoms with Gasteiger partial charge in [-0.05, 0) is 31.4 Å². The number of unbranched alkanes of at least 4 members (excludes halogenated alkanes) is 2. The van der Waals surface area contributed by atoms with E-state index < -0.39 is 0 Å². The molecule has 144 valence electrons. The van der Waals surface area contributed by atoms with Gasteiger partial charge in [0.2, 0.25) is 5.91 Å². The van der Waals surface area contributed by atoms with Crippen LogP contribution in [0.3, 0.4) is 0 Å². The molecule has 0 saturated carbocycles. The van der Waals surface area contributed by atoms with Crippen molar-refractivity contribution in [3.63, 3.8) is 0 Å². The number of carbonyl (C=O) groups is 1. The number of aryl methyl sites for hydroxylation is 1. The van der Waals surface area contributed by atoms with Crippen molar-refractivity contribution >= 4 is 11.6 Å². The van der Waals surface area contributed by atoms with Gasteiger partial charge in [0.05, 0.1) is 12.6 Å². The van der Waals surface area contributed by atoms with Crippen LogP contribution in [0.2, 0.25) is 0 Å². The smallest absolute Gasteiger partial charge is 0.227 e. The first kappa shape index (κ1) is 18.2. The van der Waals surface area contributed by atoms with E-state index >= 15 is 0 Å². The summed E-state index contributed by atoms with van der Waals surface area (Å²) >= 11 is 0. The lowest BCUT2D eigenvalue weighted by Crippen LogP contribution is -2.23. The lowest BCUT2D eigenvalue weighted by Gasteiger charge is -2.17. The summed E-state index contributed by atoms with van der Waals surface area (Å²) in [6, 6.07) is 8.40. The summed E-state index contributed by atoms with van der Waals surface area (Å²) < 4.78 is 7.64. The monoisotopic (exact) mass is 368 g/mol. The van der Waals surface area contributed by atoms with Gasteiger partial charge in [0.25, 0.3) is 0 Å². The van der Waals surface area contributed by atoms with Crippen molar-refractivity contribution in [3.8, 4) is 11.4 Å². The molecule has 4 rings (SSSR count). The molecule has 0 radical (unpaired) electrons. The molecule has 0 aliphatic carbocycles. The third kappa shape index (κ3) is 3.90. The van der Waals surface area contributed by atoms with Crippen LogP contribution in [0.25, 0.3) is 11.4 Å². The summed E-state index contributed by atoms with van der Waals surface area (Å²) in [6.07, 6.45) is 6.95. The first-order valence-electron chi connectivity index (χ1n) is 10.2. The van der Waals surface area contributed by atoms with Gasteiger partial charge in [-0.2, -0.15) is 5.10 Å². The molecule has 2 saturated heterocycles. The first-order chi connectivity index (χ1) is 13.3. The van der Waals surface area contributed by atoms with Gasteiger partial charge >= 0.3 is 0 Å². The second kappa shape index (κ2) is 8.21. The Kier molecular flexibility index (Phi) is 5.53. The van der Waals surface area contributed by atoms with Crippen molar-refractivity contribution in [2.75, 3.05) is 24.7 Å². The van der Waals surface area contributed by atoms with Gasteiger partial charge in [0.1, 0.15) is 0 Å². The summed E-state index contributed by atoms with van der Waals surface area (Å²) in [6.45, 7) is 4.47. The predicted molar refractivity (Wildman–Crippen MR) is 105 cm³/mol. The van der Waals surface area contributed by atoms with Crippen molar-refractivity contribution in [1.29, 1.82) is 0 Å². The Morgan fingerprint density at radius 1 is 1.30 bits per heavy atom. The maximum atomic E-state index is 12.1. The largest absolute Gasteiger partial charge is 0.379 e. The van der Waals surface area contributed by atoms with E-state index in [0.29, 0.717) is 13.0 Å². The van der Waals surface area contributed by atoms with E-state index in [0.717, 1.165) is 61.7 Å². The number of rotatable bonds is 7. The molecule has 1 amide bonds. The molecule has 6 nitrogen and oxygen atoms in total. The fraction of sp³-hybridized carbons (Fsp3) is 0.571. The number of anilines is 1. The Labute approximate surface area is 160 Å². The molecular weight excluding hydrogens is 340 g/mol. The molecule has 2 aliphatic rings. The maximum absolute atomic E-state index is 12.1. The number of carbonyl (C=O) groups excluding carboxylic acids is 1. The van der Waals surface area contributed by atoms with Crippen molar-refractivity contribution in [2.24, 2.45) is 0 Å². The Balaban J connectivity index is 1.65. The minimum absolute atomic E-state index is 0.207. The van der Waals surface area contributed by atoms with Crippen LogP contribution in [0, 0.1) is 0 Å². The molecular formula is C21H28N4O2. The van der Waals surface area contributed by atoms with Gasteiger partial charge in [0, 0.05) is 37.2 Å². The molecule has 6 heteroatoms. The van der Waals surface area contributed by atoms with E-state index in [1.54, 1.807) is 0 Å². The number of nitrogens with zero attached hydrogens (tertiary/aromatic N) is 4. The fourth-order valence-corrected chi connectivity index (χ4v) is 3.91. The van der Waals surface area contributed by atoms with E-state index in [2.05, 4.69) is 23.7 Å². The second-order valence-electron chi connectivity index (χ2n) is 7.47. The highest BCUT2D eigenvalue weighted by Crippen LogP contribution is 2.30. The highest BCUT2D eigenvalue weighted by atomic mass is 16.5. The van der Waals surface area contributed by atoms with E-state index in [9.17, 15) is 4.79 Å². The first-order valence-corrected chi connectivity index (χ1v) is 10.2. The van der Waals surface area contributed by atoms with Crippen LogP contribution in [0.5, 0.6) is 0 Å². The van der Waals surface area contributed by atoms with E-state index in [1.807, 2.05) is 17.0 Å². The van der Waals surface area contributed by atoms with E-state index in [1.165, 1.54) is 12.8 Å². The number of amides is 1. The molecule has 1 unspecified atom stereocenters. The summed E-state index contributed by atoms with van der Waals surface area (Å²) in [5, 5.41) is 4.83. The molecule has 1 aromatic carbocycles. The van der Waals surface area contributed by atoms with Gasteiger partial charge in [-0.15, -0.1) is 0 Å². The molecule has 1 atom stereocenters. The minimum Gasteiger partial charge on any atom is -0.379 e. The zero-order chi connectivity index (χ0) is 18.6. The van der Waals surface area contributed by atoms with Crippen LogP contribution in [0.15, 0.2) is 24.3 Å². The van der Waals surface area contributed by atoms with Gasteiger partial charge in [-0.25, -0.2) is 9.67 Å². The molecule has 27 heavy (non-hydrogen) atoms. The Morgan fingerprint density at radius 3 is 2.96 bits per heavy atom. The van der Waals surface area contributed by atoms with E-state index in [-0.39, 0.29) is 11.9 Å². The number of aromatic nitrogens is 3. The predicted octanol–water partition coefficient (Wildman–Crippen LogP) is 3.77. The maximum Gasteiger partial charge on any atom is 0.227 e. The quantitative estimate of drug-likeness (QED) is 0.698. The highest BCUT2D eigenvalue weighted by molar-refractivity contribution is 5.95. The number of hydrogen-bond acceptors (Lipinski definition) is 4. The summed E-state index contributed by atoms with van der Waals surface area (Å²) in [4.78, 5) is 18.9. The van der Waals surface area contributed by atoms with Gasteiger partial charge in [-0.3, -0.25) is 4.79 Å². The Bertz CT molecular complexity index is 795. The topological polar surface area (TPSA) is 60.2 Å². The van der Waals surface area contributed by atoms with Crippen LogP contribution in [0.1, 0.15) is 57.3 Å². The summed E-state index contributed by atoms with van der Waals surface area (Å²) in [5.74, 6) is 2.01. The zero-order valence-electron chi connectivity index (χ0n) is 16.1. The average molecular weight is 368 g/mol. The van der Waals surface area contributed by atoms with Gasteiger partial charge in [-0.1, -0.05) is 31.9 Å². The molecule has 2 fully saturated rings. The highest BCUT2D eigenvalue weighted by Gasteiger charge is 2.25. The lowest BCUT2D eigenvalue weighted by molar-refractivity contribution is -0.117. The minimum atomic E-state index is 0.207. The molecule has 2 aliphatic heterocycles. The van der Waals surface area contributed by atoms with Crippen molar-refractivity contribution < 1.29 is 9.53 Å². The second-order valence-corrected chi connectivity index (χ2v) is 7.47. The number of ether oxygens (including phenoxy) is 1. The van der Waals surface area contributed by atoms with E-state index in [4.69, 9.17) is 14.8 Å². The SMILES string of the molecule is CCCCCc1nc(-c2cccc(N3CCCC3=O)c2)n(C2CCOC2)n1. The molecule has 1 aromatic heterocycles. The zero-order valence-corrected chi connectivity index (χ0v) is 16.1. The Morgan fingerprint density at radius 2 is 2.22 bits per heavy atom. The number of hydrogen-bond donors (Lipinski definition) is 0. The van der Waals surface area contributed by atoms with Gasteiger partial charge < -0.3 is 9.64 Å². The molecule has 0 N–H and O–H groups in total. The number of benzene rings is 1. The molecule has 0 bridgehead atoms. The van der Waals surface area contributed by atoms with Crippen LogP contribution in [-0.2, 0) is 16.0 Å². The van der Waals surface area contributed by atoms with Crippen LogP contribution < -0.4 is 4.90 Å². The normalized spacial score (nSPS) is 20.0. The van der Waals surface area contributed by atoms with Crippen molar-refractivity contribution in [3.05, 3.63) is 30.1 Å². The summed E-state index contributed by atoms with van der Waals surface area (Å²) in [5.41, 5.74) is 1.98. The summed E-state index contributed by atoms with van der Waals surface area (Å²) in [7, 11) is 0. The molecule has 0 spiro atoms. The average Bonchev–Trinajstić information content (AvgIpc) is 3.42. The molecule has 2 aromatic rings. The fourth-order valence-electron chi connectivity index (χ4n) is 3.91. The van der Waals surface area contributed by atoms with Gasteiger partial charge in [0.15, 0.2) is 11.6 Å². The van der Waals surface area contributed by atoms with Crippen LogP contribution in [-0.4, -0.2) is 40.4 Å². The standard InChI is InChI=1S/C21H28N4O2/c1-2-3-4-9-19-22-21(25(23-19)18-11-13-27-15-18)16-7-5-8-17(14-16)24-12-6-10-20(24)26/h5,7-8,14,18H,2-4,6,9-13,15H2,1H3. The Hall–Kier alpha value is -2.21. The van der Waals surface area contributed by atoms with Crippen LogP contribution in [0.4, 0.5) is 5.69 Å². The van der Waals surface area contributed by atoms with Crippen LogP contribution >= 0.6 is 0 Å². The van der Waals surface area contributed by atoms with Crippen molar-refractivity contribution in [2.45, 2.75) is 57.9 Å². The third-order valence-corrected chi connectivity index (χ3v) is 5.42. The lowest BCUT2D eigenvalue weighted by atomic mass is 10.1. The van der Waals surface area contributed by atoms with Crippen molar-refractivity contribution in [1.82, 2.24) is 14.8 Å². The molecule has 3 heterocycles. The third-order valence-electron chi connectivity index (χ3n) is 5.42.